The van der Waals surface area contributed by atoms with Crippen molar-refractivity contribution in [3.05, 3.63) is 60.2 Å². The first-order valence-corrected chi connectivity index (χ1v) is 7.21. The summed E-state index contributed by atoms with van der Waals surface area (Å²) in [6.07, 6.45) is 0. The molecule has 0 saturated carbocycles. The molecule has 6 heteroatoms. The number of urea groups is 1. The van der Waals surface area contributed by atoms with Crippen molar-refractivity contribution in [1.29, 1.82) is 0 Å². The van der Waals surface area contributed by atoms with Crippen molar-refractivity contribution in [3.8, 4) is 0 Å². The molecule has 6 nitrogen and oxygen atoms in total. The van der Waals surface area contributed by atoms with E-state index in [1.807, 2.05) is 6.07 Å². The van der Waals surface area contributed by atoms with Gasteiger partial charge in [-0.25, -0.2) is 4.79 Å². The molecule has 3 amide bonds. The maximum absolute atomic E-state index is 12.1. The van der Waals surface area contributed by atoms with E-state index >= 15 is 0 Å². The Morgan fingerprint density at radius 1 is 1.00 bits per heavy atom. The van der Waals surface area contributed by atoms with Crippen LogP contribution < -0.4 is 16.0 Å². The van der Waals surface area contributed by atoms with E-state index in [1.54, 1.807) is 55.5 Å². The Hall–Kier alpha value is -2.86. The minimum absolute atomic E-state index is 0.100. The zero-order valence-corrected chi connectivity index (χ0v) is 12.7. The predicted octanol–water partition coefficient (Wildman–Crippen LogP) is 2.33. The van der Waals surface area contributed by atoms with E-state index in [-0.39, 0.29) is 12.5 Å². The summed E-state index contributed by atoms with van der Waals surface area (Å²) in [6.45, 7) is 1.49. The third-order valence-corrected chi connectivity index (χ3v) is 3.15. The minimum Gasteiger partial charge on any atom is -0.392 e. The van der Waals surface area contributed by atoms with E-state index in [9.17, 15) is 9.59 Å². The van der Waals surface area contributed by atoms with Gasteiger partial charge in [0.05, 0.1) is 6.61 Å². The molecular weight excluding hydrogens is 294 g/mol. The summed E-state index contributed by atoms with van der Waals surface area (Å²) in [5.74, 6) is -0.344. The summed E-state index contributed by atoms with van der Waals surface area (Å²) < 4.78 is 0. The SMILES string of the molecule is C[C@H](NC(=O)Nc1ccccc1)C(=O)Nc1cccc(CO)c1. The maximum atomic E-state index is 12.1. The molecule has 1 atom stereocenters. The summed E-state index contributed by atoms with van der Waals surface area (Å²) in [5.41, 5.74) is 1.91. The van der Waals surface area contributed by atoms with Crippen LogP contribution in [0.25, 0.3) is 0 Å². The zero-order chi connectivity index (χ0) is 16.7. The first kappa shape index (κ1) is 16.5. The highest BCUT2D eigenvalue weighted by molar-refractivity contribution is 5.98. The molecule has 0 spiro atoms. The molecule has 23 heavy (non-hydrogen) atoms. The van der Waals surface area contributed by atoms with Crippen LogP contribution in [0, 0.1) is 0 Å². The van der Waals surface area contributed by atoms with Gasteiger partial charge in [-0.3, -0.25) is 4.79 Å². The number of carbonyl (C=O) groups excluding carboxylic acids is 2. The van der Waals surface area contributed by atoms with Gasteiger partial charge in [-0.05, 0) is 36.8 Å². The van der Waals surface area contributed by atoms with Crippen LogP contribution >= 0.6 is 0 Å². The summed E-state index contributed by atoms with van der Waals surface area (Å²) >= 11 is 0. The Morgan fingerprint density at radius 3 is 2.39 bits per heavy atom. The Morgan fingerprint density at radius 2 is 1.70 bits per heavy atom. The summed E-state index contributed by atoms with van der Waals surface area (Å²) in [4.78, 5) is 23.9. The Labute approximate surface area is 134 Å². The van der Waals surface area contributed by atoms with Gasteiger partial charge >= 0.3 is 6.03 Å². The average Bonchev–Trinajstić information content (AvgIpc) is 2.55. The normalized spacial score (nSPS) is 11.4. The van der Waals surface area contributed by atoms with Crippen LogP contribution in [0.1, 0.15) is 12.5 Å². The first-order valence-electron chi connectivity index (χ1n) is 7.21. The molecule has 2 rings (SSSR count). The lowest BCUT2D eigenvalue weighted by Crippen LogP contribution is -2.43. The maximum Gasteiger partial charge on any atom is 0.319 e. The van der Waals surface area contributed by atoms with Crippen molar-refractivity contribution >= 4 is 23.3 Å². The average molecular weight is 313 g/mol. The van der Waals surface area contributed by atoms with E-state index in [2.05, 4.69) is 16.0 Å². The Bertz CT molecular complexity index is 674. The van der Waals surface area contributed by atoms with Crippen LogP contribution in [0.2, 0.25) is 0 Å². The van der Waals surface area contributed by atoms with Gasteiger partial charge in [0.1, 0.15) is 6.04 Å². The molecule has 0 aliphatic carbocycles. The summed E-state index contributed by atoms with van der Waals surface area (Å²) in [7, 11) is 0. The molecule has 0 heterocycles. The van der Waals surface area contributed by atoms with Gasteiger partial charge in [0, 0.05) is 11.4 Å². The lowest BCUT2D eigenvalue weighted by atomic mass is 10.2. The monoisotopic (exact) mass is 313 g/mol. The van der Waals surface area contributed by atoms with Crippen molar-refractivity contribution < 1.29 is 14.7 Å². The van der Waals surface area contributed by atoms with Gasteiger partial charge in [-0.2, -0.15) is 0 Å². The van der Waals surface area contributed by atoms with Gasteiger partial charge in [0.2, 0.25) is 5.91 Å². The molecule has 2 aromatic rings. The molecule has 0 aliphatic heterocycles. The number of amides is 3. The number of anilines is 2. The molecular formula is C17H19N3O3. The smallest absolute Gasteiger partial charge is 0.319 e. The predicted molar refractivity (Wildman–Crippen MR) is 89.1 cm³/mol. The van der Waals surface area contributed by atoms with E-state index in [0.29, 0.717) is 16.9 Å². The summed E-state index contributed by atoms with van der Waals surface area (Å²) in [5, 5.41) is 17.0. The van der Waals surface area contributed by atoms with Crippen LogP contribution in [0.5, 0.6) is 0 Å². The third kappa shape index (κ3) is 5.12. The van der Waals surface area contributed by atoms with E-state index in [0.717, 1.165) is 0 Å². The fraction of sp³-hybridized carbons (Fsp3) is 0.176. The van der Waals surface area contributed by atoms with E-state index < -0.39 is 12.1 Å². The van der Waals surface area contributed by atoms with Crippen molar-refractivity contribution in [2.75, 3.05) is 10.6 Å². The highest BCUT2D eigenvalue weighted by atomic mass is 16.3. The molecule has 0 bridgehead atoms. The topological polar surface area (TPSA) is 90.5 Å². The van der Waals surface area contributed by atoms with Crippen LogP contribution in [0.15, 0.2) is 54.6 Å². The van der Waals surface area contributed by atoms with Gasteiger partial charge in [0.25, 0.3) is 0 Å². The Balaban J connectivity index is 1.88. The van der Waals surface area contributed by atoms with Crippen LogP contribution in [-0.4, -0.2) is 23.1 Å². The number of aliphatic hydroxyl groups excluding tert-OH is 1. The number of para-hydroxylation sites is 1. The molecule has 2 aromatic carbocycles. The van der Waals surface area contributed by atoms with E-state index in [1.165, 1.54) is 0 Å². The second-order valence-electron chi connectivity index (χ2n) is 5.03. The summed E-state index contributed by atoms with van der Waals surface area (Å²) in [6, 6.07) is 14.7. The third-order valence-electron chi connectivity index (χ3n) is 3.15. The molecule has 0 saturated heterocycles. The fourth-order valence-electron chi connectivity index (χ4n) is 1.95. The zero-order valence-electron chi connectivity index (χ0n) is 12.7. The van der Waals surface area contributed by atoms with Crippen LogP contribution in [0.4, 0.5) is 16.2 Å². The highest BCUT2D eigenvalue weighted by Crippen LogP contribution is 2.11. The number of carbonyl (C=O) groups is 2. The van der Waals surface area contributed by atoms with Crippen LogP contribution in [-0.2, 0) is 11.4 Å². The highest BCUT2D eigenvalue weighted by Gasteiger charge is 2.15. The van der Waals surface area contributed by atoms with E-state index in [4.69, 9.17) is 5.11 Å². The quantitative estimate of drug-likeness (QED) is 0.683. The van der Waals surface area contributed by atoms with Crippen molar-refractivity contribution in [2.24, 2.45) is 0 Å². The van der Waals surface area contributed by atoms with Gasteiger partial charge in [-0.1, -0.05) is 30.3 Å². The standard InChI is InChI=1S/C17H19N3O3/c1-12(18-17(23)20-14-7-3-2-4-8-14)16(22)19-15-9-5-6-13(10-15)11-21/h2-10,12,21H,11H2,1H3,(H,19,22)(H2,18,20,23)/t12-/m0/s1. The molecule has 0 fully saturated rings. The number of hydrogen-bond donors (Lipinski definition) is 4. The Kier molecular flexibility index (Phi) is 5.71. The molecule has 0 unspecified atom stereocenters. The molecule has 0 aliphatic rings. The van der Waals surface area contributed by atoms with Gasteiger partial charge in [0.15, 0.2) is 0 Å². The van der Waals surface area contributed by atoms with Gasteiger partial charge < -0.3 is 21.1 Å². The number of aliphatic hydroxyl groups is 1. The lowest BCUT2D eigenvalue weighted by Gasteiger charge is -2.15. The molecule has 0 radical (unpaired) electrons. The minimum atomic E-state index is -0.712. The lowest BCUT2D eigenvalue weighted by molar-refractivity contribution is -0.117. The number of rotatable bonds is 5. The first-order chi connectivity index (χ1) is 11.1. The van der Waals surface area contributed by atoms with Crippen LogP contribution in [0.3, 0.4) is 0 Å². The van der Waals surface area contributed by atoms with Crippen molar-refractivity contribution in [3.63, 3.8) is 0 Å². The molecule has 4 N–H and O–H groups in total. The number of hydrogen-bond acceptors (Lipinski definition) is 3. The molecule has 120 valence electrons. The fourth-order valence-corrected chi connectivity index (χ4v) is 1.95. The number of benzene rings is 2. The largest absolute Gasteiger partial charge is 0.392 e. The van der Waals surface area contributed by atoms with Gasteiger partial charge in [-0.15, -0.1) is 0 Å². The second-order valence-corrected chi connectivity index (χ2v) is 5.03. The van der Waals surface area contributed by atoms with Crippen molar-refractivity contribution in [1.82, 2.24) is 5.32 Å². The molecule has 0 aromatic heterocycles. The second kappa shape index (κ2) is 7.95. The van der Waals surface area contributed by atoms with Crippen molar-refractivity contribution in [2.45, 2.75) is 19.6 Å². The number of nitrogens with one attached hydrogen (secondary N) is 3.